The summed E-state index contributed by atoms with van der Waals surface area (Å²) in [5.74, 6) is 1.55. The van der Waals surface area contributed by atoms with Crippen LogP contribution in [0.5, 0.6) is 0 Å². The van der Waals surface area contributed by atoms with Crippen LogP contribution in [0, 0.1) is 0 Å². The molecule has 0 aromatic rings. The van der Waals surface area contributed by atoms with E-state index in [0.29, 0.717) is 18.4 Å². The molecule has 0 spiro atoms. The van der Waals surface area contributed by atoms with Gasteiger partial charge in [0, 0.05) is 24.9 Å². The highest BCUT2D eigenvalue weighted by Gasteiger charge is 2.15. The first-order valence-electron chi connectivity index (χ1n) is 7.45. The highest BCUT2D eigenvalue weighted by atomic mass is 32.2. The van der Waals surface area contributed by atoms with Gasteiger partial charge in [-0.1, -0.05) is 19.8 Å². The lowest BCUT2D eigenvalue weighted by Gasteiger charge is -2.22. The molecule has 2 unspecified atom stereocenters. The molecule has 19 heavy (non-hydrogen) atoms. The number of carbonyl (C=O) groups is 1. The highest BCUT2D eigenvalue weighted by molar-refractivity contribution is 7.99. The molecule has 0 radical (unpaired) electrons. The number of amides is 1. The molecule has 112 valence electrons. The summed E-state index contributed by atoms with van der Waals surface area (Å²) in [6, 6.07) is 0.138. The second-order valence-electron chi connectivity index (χ2n) is 5.15. The molecule has 4 nitrogen and oxygen atoms in total. The molecule has 1 heterocycles. The van der Waals surface area contributed by atoms with Crippen molar-refractivity contribution in [3.05, 3.63) is 0 Å². The molecule has 0 aliphatic carbocycles. The van der Waals surface area contributed by atoms with Crippen molar-refractivity contribution in [2.75, 3.05) is 24.7 Å². The molecule has 5 heteroatoms. The molecule has 1 fully saturated rings. The smallest absolute Gasteiger partial charge is 0.230 e. The molecule has 0 aromatic carbocycles. The Morgan fingerprint density at radius 3 is 3.00 bits per heavy atom. The zero-order chi connectivity index (χ0) is 13.9. The molecule has 1 saturated heterocycles. The van der Waals surface area contributed by atoms with Crippen LogP contribution in [0.1, 0.15) is 45.4 Å². The fourth-order valence-electron chi connectivity index (χ4n) is 2.19. The minimum absolute atomic E-state index is 0.104. The number of thioether (sulfide) groups is 1. The van der Waals surface area contributed by atoms with Gasteiger partial charge in [0.2, 0.25) is 5.91 Å². The van der Waals surface area contributed by atoms with Crippen molar-refractivity contribution in [1.29, 1.82) is 0 Å². The van der Waals surface area contributed by atoms with Gasteiger partial charge in [-0.05, 0) is 25.7 Å². The van der Waals surface area contributed by atoms with E-state index < -0.39 is 0 Å². The summed E-state index contributed by atoms with van der Waals surface area (Å²) in [4.78, 5) is 11.8. The van der Waals surface area contributed by atoms with E-state index in [1.807, 2.05) is 0 Å². The second-order valence-corrected chi connectivity index (χ2v) is 6.18. The summed E-state index contributed by atoms with van der Waals surface area (Å²) >= 11 is 1.67. The third kappa shape index (κ3) is 7.80. The lowest BCUT2D eigenvalue weighted by atomic mass is 10.1. The third-order valence-electron chi connectivity index (χ3n) is 3.37. The molecular formula is C14H28N2O2S. The zero-order valence-electron chi connectivity index (χ0n) is 12.0. The summed E-state index contributed by atoms with van der Waals surface area (Å²) in [6.07, 6.45) is 7.15. The molecule has 0 saturated carbocycles. The summed E-state index contributed by atoms with van der Waals surface area (Å²) in [6.45, 7) is 3.56. The fraction of sp³-hybridized carbons (Fsp3) is 0.929. The zero-order valence-corrected chi connectivity index (χ0v) is 12.8. The van der Waals surface area contributed by atoms with Gasteiger partial charge in [-0.25, -0.2) is 0 Å². The number of rotatable bonds is 9. The highest BCUT2D eigenvalue weighted by Crippen LogP contribution is 2.17. The number of hydrogen-bond donors (Lipinski definition) is 2. The molecule has 1 aliphatic heterocycles. The van der Waals surface area contributed by atoms with Crippen LogP contribution in [-0.4, -0.2) is 42.7 Å². The summed E-state index contributed by atoms with van der Waals surface area (Å²) in [5, 5.41) is 3.01. The van der Waals surface area contributed by atoms with Crippen molar-refractivity contribution in [2.45, 2.75) is 57.6 Å². The number of nitrogens with two attached hydrogens (primary N) is 1. The number of unbranched alkanes of at least 4 members (excludes halogenated alkanes) is 1. The Hall–Kier alpha value is -0.260. The Kier molecular flexibility index (Phi) is 9.30. The Bertz CT molecular complexity index is 246. The van der Waals surface area contributed by atoms with E-state index in [1.54, 1.807) is 11.8 Å². The predicted molar refractivity (Wildman–Crippen MR) is 81.4 cm³/mol. The van der Waals surface area contributed by atoms with E-state index in [1.165, 1.54) is 12.8 Å². The predicted octanol–water partition coefficient (Wildman–Crippen LogP) is 1.92. The van der Waals surface area contributed by atoms with Crippen molar-refractivity contribution in [1.82, 2.24) is 5.32 Å². The van der Waals surface area contributed by atoms with Gasteiger partial charge < -0.3 is 15.8 Å². The average Bonchev–Trinajstić information content (AvgIpc) is 2.44. The van der Waals surface area contributed by atoms with E-state index in [4.69, 9.17) is 10.5 Å². The van der Waals surface area contributed by atoms with Crippen LogP contribution >= 0.6 is 11.8 Å². The summed E-state index contributed by atoms with van der Waals surface area (Å²) in [7, 11) is 0. The Morgan fingerprint density at radius 2 is 2.37 bits per heavy atom. The number of ether oxygens (including phenoxy) is 1. The maximum Gasteiger partial charge on any atom is 0.230 e. The summed E-state index contributed by atoms with van der Waals surface area (Å²) in [5.41, 5.74) is 5.67. The van der Waals surface area contributed by atoms with Crippen LogP contribution in [0.25, 0.3) is 0 Å². The van der Waals surface area contributed by atoms with E-state index in [2.05, 4.69) is 12.2 Å². The van der Waals surface area contributed by atoms with E-state index in [-0.39, 0.29) is 11.9 Å². The van der Waals surface area contributed by atoms with Gasteiger partial charge in [-0.2, -0.15) is 0 Å². The van der Waals surface area contributed by atoms with Crippen molar-refractivity contribution in [3.8, 4) is 0 Å². The van der Waals surface area contributed by atoms with Crippen LogP contribution in [-0.2, 0) is 9.53 Å². The van der Waals surface area contributed by atoms with Crippen molar-refractivity contribution in [3.63, 3.8) is 0 Å². The molecule has 1 aliphatic rings. The van der Waals surface area contributed by atoms with Gasteiger partial charge in [0.15, 0.2) is 0 Å². The molecule has 3 N–H and O–H groups in total. The van der Waals surface area contributed by atoms with E-state index in [0.717, 1.165) is 38.0 Å². The average molecular weight is 288 g/mol. The van der Waals surface area contributed by atoms with Crippen LogP contribution < -0.4 is 11.1 Å². The Labute approximate surface area is 121 Å². The molecule has 1 amide bonds. The molecule has 2 atom stereocenters. The first-order chi connectivity index (χ1) is 9.26. The quantitative estimate of drug-likeness (QED) is 0.680. The van der Waals surface area contributed by atoms with Gasteiger partial charge in [-0.15, -0.1) is 11.8 Å². The fourth-order valence-corrected chi connectivity index (χ4v) is 3.10. The van der Waals surface area contributed by atoms with Gasteiger partial charge in [0.05, 0.1) is 11.9 Å². The van der Waals surface area contributed by atoms with Crippen molar-refractivity contribution >= 4 is 17.7 Å². The van der Waals surface area contributed by atoms with Gasteiger partial charge in [-0.3, -0.25) is 4.79 Å². The van der Waals surface area contributed by atoms with Gasteiger partial charge in [0.25, 0.3) is 0 Å². The van der Waals surface area contributed by atoms with Crippen LogP contribution in [0.15, 0.2) is 0 Å². The van der Waals surface area contributed by atoms with Crippen LogP contribution in [0.3, 0.4) is 0 Å². The number of carbonyl (C=O) groups excluding carboxylic acids is 1. The number of nitrogens with one attached hydrogen (secondary N) is 1. The molecule has 1 rings (SSSR count). The van der Waals surface area contributed by atoms with Crippen LogP contribution in [0.4, 0.5) is 0 Å². The Morgan fingerprint density at radius 1 is 1.53 bits per heavy atom. The lowest BCUT2D eigenvalue weighted by Crippen LogP contribution is -2.41. The van der Waals surface area contributed by atoms with Gasteiger partial charge in [0.1, 0.15) is 0 Å². The first kappa shape index (κ1) is 16.8. The third-order valence-corrected chi connectivity index (χ3v) is 4.44. The first-order valence-corrected chi connectivity index (χ1v) is 8.60. The van der Waals surface area contributed by atoms with Gasteiger partial charge >= 0.3 is 0 Å². The minimum Gasteiger partial charge on any atom is -0.377 e. The lowest BCUT2D eigenvalue weighted by molar-refractivity contribution is -0.119. The second kappa shape index (κ2) is 10.5. The monoisotopic (exact) mass is 288 g/mol. The molecule has 0 aromatic heterocycles. The normalized spacial score (nSPS) is 21.1. The van der Waals surface area contributed by atoms with E-state index >= 15 is 0 Å². The topological polar surface area (TPSA) is 64.3 Å². The van der Waals surface area contributed by atoms with Crippen molar-refractivity contribution < 1.29 is 9.53 Å². The number of hydrogen-bond acceptors (Lipinski definition) is 4. The summed E-state index contributed by atoms with van der Waals surface area (Å²) < 4.78 is 5.64. The SMILES string of the molecule is CCCCC(CN)NC(=O)CSCC1CCCCO1. The van der Waals surface area contributed by atoms with Crippen molar-refractivity contribution in [2.24, 2.45) is 5.73 Å². The van der Waals surface area contributed by atoms with Crippen LogP contribution in [0.2, 0.25) is 0 Å². The maximum absolute atomic E-state index is 11.8. The standard InChI is InChI=1S/C14H28N2O2S/c1-2-3-6-12(9-15)16-14(17)11-19-10-13-7-4-5-8-18-13/h12-13H,2-11,15H2,1H3,(H,16,17). The van der Waals surface area contributed by atoms with E-state index in [9.17, 15) is 4.79 Å². The largest absolute Gasteiger partial charge is 0.377 e. The molecule has 0 bridgehead atoms. The molecular weight excluding hydrogens is 260 g/mol. The maximum atomic E-state index is 11.8. The Balaban J connectivity index is 2.08. The minimum atomic E-state index is 0.104.